The molecule has 1 amide bonds. The molecule has 0 saturated carbocycles. The lowest BCUT2D eigenvalue weighted by atomic mass is 10.0. The van der Waals surface area contributed by atoms with E-state index < -0.39 is 0 Å². The first-order valence-corrected chi connectivity index (χ1v) is 9.60. The zero-order valence-corrected chi connectivity index (χ0v) is 13.5. The van der Waals surface area contributed by atoms with Crippen molar-refractivity contribution >= 4 is 29.4 Å². The minimum Gasteiger partial charge on any atom is -0.333 e. The van der Waals surface area contributed by atoms with Gasteiger partial charge in [0.2, 0.25) is 0 Å². The molecule has 0 spiro atoms. The molecule has 0 aliphatic carbocycles. The minimum atomic E-state index is 0.189. The zero-order chi connectivity index (χ0) is 14.1. The number of amides is 1. The highest BCUT2D eigenvalue weighted by molar-refractivity contribution is 7.99. The van der Waals surface area contributed by atoms with Gasteiger partial charge in [0.25, 0.3) is 5.91 Å². The quantitative estimate of drug-likeness (QED) is 0.802. The molecule has 2 unspecified atom stereocenters. The van der Waals surface area contributed by atoms with Crippen molar-refractivity contribution in [3.63, 3.8) is 0 Å². The molecule has 5 heteroatoms. The van der Waals surface area contributed by atoms with Crippen LogP contribution in [0, 0.1) is 0 Å². The molecule has 2 saturated heterocycles. The second kappa shape index (κ2) is 5.98. The van der Waals surface area contributed by atoms with Gasteiger partial charge in [0.1, 0.15) is 5.03 Å². The number of fused-ring (bicyclic) bond motifs is 2. The summed E-state index contributed by atoms with van der Waals surface area (Å²) >= 11 is 3.51. The van der Waals surface area contributed by atoms with Crippen LogP contribution in [0.3, 0.4) is 0 Å². The first-order chi connectivity index (χ1) is 9.74. The van der Waals surface area contributed by atoms with Crippen LogP contribution in [-0.2, 0) is 0 Å². The average Bonchev–Trinajstić information content (AvgIpc) is 2.76. The molecule has 3 nitrogen and oxygen atoms in total. The van der Waals surface area contributed by atoms with E-state index in [1.54, 1.807) is 18.0 Å². The summed E-state index contributed by atoms with van der Waals surface area (Å²) in [7, 11) is 0. The monoisotopic (exact) mass is 308 g/mol. The van der Waals surface area contributed by atoms with E-state index in [0.717, 1.165) is 28.7 Å². The summed E-state index contributed by atoms with van der Waals surface area (Å²) in [5.74, 6) is 0.189. The van der Waals surface area contributed by atoms with Crippen molar-refractivity contribution in [3.05, 3.63) is 23.9 Å². The summed E-state index contributed by atoms with van der Waals surface area (Å²) in [6, 6.07) is 4.66. The van der Waals surface area contributed by atoms with Gasteiger partial charge in [0.05, 0.1) is 5.56 Å². The third kappa shape index (κ3) is 2.46. The molecular weight excluding hydrogens is 288 g/mol. The molecule has 1 aromatic heterocycles. The van der Waals surface area contributed by atoms with E-state index in [1.807, 2.05) is 30.2 Å². The Kier molecular flexibility index (Phi) is 4.26. The molecule has 2 aliphatic rings. The number of aromatic nitrogens is 1. The summed E-state index contributed by atoms with van der Waals surface area (Å²) < 4.78 is 0. The van der Waals surface area contributed by atoms with Crippen molar-refractivity contribution in [2.24, 2.45) is 0 Å². The van der Waals surface area contributed by atoms with Crippen molar-refractivity contribution in [1.82, 2.24) is 9.88 Å². The molecule has 3 heterocycles. The van der Waals surface area contributed by atoms with E-state index >= 15 is 0 Å². The molecule has 2 fully saturated rings. The van der Waals surface area contributed by atoms with E-state index in [9.17, 15) is 4.79 Å². The molecule has 2 atom stereocenters. The maximum atomic E-state index is 12.9. The van der Waals surface area contributed by atoms with Crippen molar-refractivity contribution in [3.8, 4) is 0 Å². The highest BCUT2D eigenvalue weighted by Gasteiger charge is 2.43. The Morgan fingerprint density at radius 3 is 2.60 bits per heavy atom. The van der Waals surface area contributed by atoms with Gasteiger partial charge in [-0.3, -0.25) is 4.79 Å². The van der Waals surface area contributed by atoms with Gasteiger partial charge in [0.15, 0.2) is 0 Å². The van der Waals surface area contributed by atoms with Crippen LogP contribution in [0.15, 0.2) is 23.4 Å². The smallest absolute Gasteiger partial charge is 0.257 e. The summed E-state index contributed by atoms with van der Waals surface area (Å²) in [5.41, 5.74) is 0.777. The lowest BCUT2D eigenvalue weighted by molar-refractivity contribution is 0.0597. The number of hydrogen-bond acceptors (Lipinski definition) is 4. The van der Waals surface area contributed by atoms with E-state index in [4.69, 9.17) is 0 Å². The SMILES string of the molecule is CSc1ncccc1C(=O)N1C2CCC1CC(SC)C2. The summed E-state index contributed by atoms with van der Waals surface area (Å²) in [5, 5.41) is 1.58. The Balaban J connectivity index is 1.85. The number of piperidine rings is 1. The summed E-state index contributed by atoms with van der Waals surface area (Å²) in [6.45, 7) is 0. The van der Waals surface area contributed by atoms with Crippen LogP contribution in [0.5, 0.6) is 0 Å². The number of rotatable bonds is 3. The number of nitrogens with zero attached hydrogens (tertiary/aromatic N) is 2. The molecule has 3 rings (SSSR count). The van der Waals surface area contributed by atoms with Crippen LogP contribution >= 0.6 is 23.5 Å². The maximum absolute atomic E-state index is 12.9. The number of pyridine rings is 1. The van der Waals surface area contributed by atoms with Gasteiger partial charge in [0, 0.05) is 23.5 Å². The Morgan fingerprint density at radius 1 is 1.30 bits per heavy atom. The predicted octanol–water partition coefficient (Wildman–Crippen LogP) is 3.30. The average molecular weight is 308 g/mol. The molecule has 2 bridgehead atoms. The second-order valence-electron chi connectivity index (χ2n) is 5.49. The molecular formula is C15H20N2OS2. The fourth-order valence-corrected chi connectivity index (χ4v) is 4.88. The number of thioether (sulfide) groups is 2. The van der Waals surface area contributed by atoms with Crippen LogP contribution in [0.1, 0.15) is 36.0 Å². The van der Waals surface area contributed by atoms with E-state index in [2.05, 4.69) is 16.1 Å². The van der Waals surface area contributed by atoms with Crippen LogP contribution in [0.2, 0.25) is 0 Å². The van der Waals surface area contributed by atoms with Gasteiger partial charge >= 0.3 is 0 Å². The Labute approximate surface area is 128 Å². The Hall–Kier alpha value is -0.680. The van der Waals surface area contributed by atoms with Crippen LogP contribution in [-0.4, -0.2) is 45.6 Å². The highest BCUT2D eigenvalue weighted by atomic mass is 32.2. The van der Waals surface area contributed by atoms with E-state index in [-0.39, 0.29) is 5.91 Å². The van der Waals surface area contributed by atoms with Crippen molar-refractivity contribution in [2.75, 3.05) is 12.5 Å². The molecule has 0 N–H and O–H groups in total. The number of carbonyl (C=O) groups excluding carboxylic acids is 1. The lowest BCUT2D eigenvalue weighted by Crippen LogP contribution is -2.47. The molecule has 2 aliphatic heterocycles. The molecule has 20 heavy (non-hydrogen) atoms. The molecule has 0 radical (unpaired) electrons. The first kappa shape index (κ1) is 14.3. The third-order valence-electron chi connectivity index (χ3n) is 4.45. The predicted molar refractivity (Wildman–Crippen MR) is 85.5 cm³/mol. The molecule has 1 aromatic rings. The standard InChI is InChI=1S/C15H20N2OS2/c1-19-12-8-10-5-6-11(9-12)17(10)15(18)13-4-3-7-16-14(13)20-2/h3-4,7,10-12H,5-6,8-9H2,1-2H3. The summed E-state index contributed by atoms with van der Waals surface area (Å²) in [4.78, 5) is 19.4. The van der Waals surface area contributed by atoms with Crippen LogP contribution < -0.4 is 0 Å². The fraction of sp³-hybridized carbons (Fsp3) is 0.600. The van der Waals surface area contributed by atoms with Gasteiger partial charge < -0.3 is 4.90 Å². The number of hydrogen-bond donors (Lipinski definition) is 0. The second-order valence-corrected chi connectivity index (χ2v) is 7.42. The largest absolute Gasteiger partial charge is 0.333 e. The first-order valence-electron chi connectivity index (χ1n) is 7.09. The van der Waals surface area contributed by atoms with Crippen molar-refractivity contribution in [1.29, 1.82) is 0 Å². The normalized spacial score (nSPS) is 28.7. The molecule has 0 aromatic carbocycles. The van der Waals surface area contributed by atoms with Crippen molar-refractivity contribution < 1.29 is 4.79 Å². The Morgan fingerprint density at radius 2 is 2.00 bits per heavy atom. The summed E-state index contributed by atoms with van der Waals surface area (Å²) in [6.07, 6.45) is 10.6. The minimum absolute atomic E-state index is 0.189. The van der Waals surface area contributed by atoms with E-state index in [0.29, 0.717) is 12.1 Å². The van der Waals surface area contributed by atoms with Crippen molar-refractivity contribution in [2.45, 2.75) is 48.0 Å². The fourth-order valence-electron chi connectivity index (χ4n) is 3.51. The van der Waals surface area contributed by atoms with Crippen LogP contribution in [0.25, 0.3) is 0 Å². The van der Waals surface area contributed by atoms with Crippen LogP contribution in [0.4, 0.5) is 0 Å². The highest BCUT2D eigenvalue weighted by Crippen LogP contribution is 2.40. The zero-order valence-electron chi connectivity index (χ0n) is 11.9. The van der Waals surface area contributed by atoms with Gasteiger partial charge in [-0.15, -0.1) is 11.8 Å². The van der Waals surface area contributed by atoms with E-state index in [1.165, 1.54) is 12.8 Å². The van der Waals surface area contributed by atoms with Gasteiger partial charge in [-0.25, -0.2) is 4.98 Å². The maximum Gasteiger partial charge on any atom is 0.257 e. The molecule has 108 valence electrons. The van der Waals surface area contributed by atoms with Gasteiger partial charge in [-0.05, 0) is 50.3 Å². The topological polar surface area (TPSA) is 33.2 Å². The lowest BCUT2D eigenvalue weighted by Gasteiger charge is -2.38. The Bertz CT molecular complexity index is 494. The van der Waals surface area contributed by atoms with Gasteiger partial charge in [-0.2, -0.15) is 11.8 Å². The number of carbonyl (C=O) groups is 1. The van der Waals surface area contributed by atoms with Gasteiger partial charge in [-0.1, -0.05) is 0 Å². The third-order valence-corrected chi connectivity index (χ3v) is 6.22.